The summed E-state index contributed by atoms with van der Waals surface area (Å²) in [5.41, 5.74) is 0.703. The molecule has 0 aromatic heterocycles. The van der Waals surface area contributed by atoms with Gasteiger partial charge in [0.05, 0.1) is 13.2 Å². The van der Waals surface area contributed by atoms with E-state index in [1.165, 1.54) is 13.2 Å². The third-order valence-corrected chi connectivity index (χ3v) is 5.25. The first-order valence-electron chi connectivity index (χ1n) is 6.92. The van der Waals surface area contributed by atoms with E-state index in [2.05, 4.69) is 16.9 Å². The van der Waals surface area contributed by atoms with Crippen LogP contribution in [0.1, 0.15) is 31.4 Å². The Morgan fingerprint density at radius 1 is 1.52 bits per heavy atom. The first kappa shape index (κ1) is 15.9. The molecule has 21 heavy (non-hydrogen) atoms. The fourth-order valence-corrected chi connectivity index (χ4v) is 2.84. The molecule has 0 saturated heterocycles. The lowest BCUT2D eigenvalue weighted by Gasteiger charge is -2.18. The van der Waals surface area contributed by atoms with E-state index < -0.39 is 5.82 Å². The number of rotatable bonds is 6. The molecule has 1 fully saturated rings. The molecule has 116 valence electrons. The number of hydrogen-bond acceptors (Lipinski definition) is 3. The van der Waals surface area contributed by atoms with Gasteiger partial charge in [0.2, 0.25) is 0 Å². The van der Waals surface area contributed by atoms with E-state index in [1.807, 2.05) is 6.92 Å². The number of benzene rings is 1. The van der Waals surface area contributed by atoms with Gasteiger partial charge in [-0.15, -0.1) is 0 Å². The van der Waals surface area contributed by atoms with Crippen LogP contribution in [0.2, 0.25) is 0 Å². The Labute approximate surface area is 128 Å². The zero-order valence-electron chi connectivity index (χ0n) is 12.5. The predicted octanol–water partition coefficient (Wildman–Crippen LogP) is 3.09. The van der Waals surface area contributed by atoms with Gasteiger partial charge < -0.3 is 15.4 Å². The second-order valence-corrected chi connectivity index (χ2v) is 6.60. The first-order valence-corrected chi connectivity index (χ1v) is 8.15. The fourth-order valence-electron chi connectivity index (χ4n) is 2.12. The lowest BCUT2D eigenvalue weighted by molar-refractivity contribution is 0.237. The molecule has 1 aromatic rings. The molecule has 0 spiro atoms. The Hall–Kier alpha value is -1.43. The van der Waals surface area contributed by atoms with Crippen molar-refractivity contribution in [1.82, 2.24) is 10.6 Å². The van der Waals surface area contributed by atoms with Crippen LogP contribution >= 0.6 is 11.8 Å². The van der Waals surface area contributed by atoms with Crippen LogP contribution in [0.4, 0.5) is 9.18 Å². The monoisotopic (exact) mass is 312 g/mol. The molecule has 1 atom stereocenters. The highest BCUT2D eigenvalue weighted by molar-refractivity contribution is 8.00. The number of carbonyl (C=O) groups excluding carboxylic acids is 1. The van der Waals surface area contributed by atoms with Crippen molar-refractivity contribution in [3.05, 3.63) is 29.6 Å². The van der Waals surface area contributed by atoms with Crippen molar-refractivity contribution in [1.29, 1.82) is 0 Å². The van der Waals surface area contributed by atoms with Crippen LogP contribution in [0, 0.1) is 5.82 Å². The van der Waals surface area contributed by atoms with Crippen molar-refractivity contribution in [2.45, 2.75) is 30.6 Å². The van der Waals surface area contributed by atoms with Crippen LogP contribution < -0.4 is 15.4 Å². The standard InChI is InChI=1S/C15H21FN2O2S/c1-10(11-4-5-13(20-2)12(16)8-11)18-14(19)17-9-15(21-3)6-7-15/h4-5,8,10H,6-7,9H2,1-3H3,(H2,17,18,19)/t10-/m0/s1. The third kappa shape index (κ3) is 4.03. The number of nitrogens with one attached hydrogen (secondary N) is 2. The van der Waals surface area contributed by atoms with E-state index in [0.29, 0.717) is 12.1 Å². The van der Waals surface area contributed by atoms with Crippen LogP contribution in [0.25, 0.3) is 0 Å². The number of thioether (sulfide) groups is 1. The molecule has 2 amide bonds. The SMILES string of the molecule is COc1ccc([C@H](C)NC(=O)NCC2(SC)CC2)cc1F. The molecule has 0 bridgehead atoms. The van der Waals surface area contributed by atoms with E-state index >= 15 is 0 Å². The molecular weight excluding hydrogens is 291 g/mol. The van der Waals surface area contributed by atoms with Gasteiger partial charge in [-0.2, -0.15) is 11.8 Å². The molecule has 1 aliphatic rings. The number of urea groups is 1. The number of halogens is 1. The maximum absolute atomic E-state index is 13.7. The number of methoxy groups -OCH3 is 1. The van der Waals surface area contributed by atoms with Gasteiger partial charge in [0.15, 0.2) is 11.6 Å². The topological polar surface area (TPSA) is 50.4 Å². The van der Waals surface area contributed by atoms with Crippen molar-refractivity contribution in [2.24, 2.45) is 0 Å². The normalized spacial score (nSPS) is 17.0. The lowest BCUT2D eigenvalue weighted by atomic mass is 10.1. The molecule has 1 saturated carbocycles. The molecule has 6 heteroatoms. The zero-order chi connectivity index (χ0) is 15.5. The molecule has 1 aromatic carbocycles. The zero-order valence-corrected chi connectivity index (χ0v) is 13.3. The Kier molecular flexibility index (Phi) is 4.98. The van der Waals surface area contributed by atoms with Crippen LogP contribution in [0.5, 0.6) is 5.75 Å². The average molecular weight is 312 g/mol. The second kappa shape index (κ2) is 6.56. The highest BCUT2D eigenvalue weighted by Crippen LogP contribution is 2.46. The summed E-state index contributed by atoms with van der Waals surface area (Å²) in [5, 5.41) is 5.70. The average Bonchev–Trinajstić information content (AvgIpc) is 3.25. The third-order valence-electron chi connectivity index (χ3n) is 3.84. The molecule has 0 heterocycles. The van der Waals surface area contributed by atoms with Gasteiger partial charge in [-0.3, -0.25) is 0 Å². The maximum atomic E-state index is 13.7. The lowest BCUT2D eigenvalue weighted by Crippen LogP contribution is -2.40. The van der Waals surface area contributed by atoms with Gasteiger partial charge in [0, 0.05) is 11.3 Å². The Balaban J connectivity index is 1.87. The minimum Gasteiger partial charge on any atom is -0.494 e. The Morgan fingerprint density at radius 2 is 2.24 bits per heavy atom. The van der Waals surface area contributed by atoms with Gasteiger partial charge in [-0.25, -0.2) is 9.18 Å². The Morgan fingerprint density at radius 3 is 2.76 bits per heavy atom. The molecule has 2 N–H and O–H groups in total. The summed E-state index contributed by atoms with van der Waals surface area (Å²) in [6.45, 7) is 2.49. The van der Waals surface area contributed by atoms with E-state index in [0.717, 1.165) is 12.8 Å². The summed E-state index contributed by atoms with van der Waals surface area (Å²) >= 11 is 1.80. The van der Waals surface area contributed by atoms with Gasteiger partial charge >= 0.3 is 6.03 Å². The van der Waals surface area contributed by atoms with Gasteiger partial charge in [-0.05, 0) is 43.7 Å². The molecule has 2 rings (SSSR count). The summed E-state index contributed by atoms with van der Waals surface area (Å²) in [4.78, 5) is 11.9. The van der Waals surface area contributed by atoms with E-state index in [9.17, 15) is 9.18 Å². The van der Waals surface area contributed by atoms with Crippen LogP contribution in [-0.4, -0.2) is 30.7 Å². The summed E-state index contributed by atoms with van der Waals surface area (Å²) in [5.74, 6) is -0.227. The number of hydrogen-bond donors (Lipinski definition) is 2. The van der Waals surface area contributed by atoms with Crippen molar-refractivity contribution in [3.63, 3.8) is 0 Å². The summed E-state index contributed by atoms with van der Waals surface area (Å²) in [6, 6.07) is 4.20. The van der Waals surface area contributed by atoms with E-state index in [4.69, 9.17) is 4.74 Å². The Bertz CT molecular complexity index is 520. The quantitative estimate of drug-likeness (QED) is 0.848. The van der Waals surface area contributed by atoms with Gasteiger partial charge in [0.25, 0.3) is 0 Å². The highest BCUT2D eigenvalue weighted by Gasteiger charge is 2.41. The smallest absolute Gasteiger partial charge is 0.315 e. The largest absolute Gasteiger partial charge is 0.494 e. The number of carbonyl (C=O) groups is 1. The van der Waals surface area contributed by atoms with Crippen molar-refractivity contribution in [3.8, 4) is 5.75 Å². The van der Waals surface area contributed by atoms with Crippen LogP contribution in [0.3, 0.4) is 0 Å². The number of amides is 2. The maximum Gasteiger partial charge on any atom is 0.315 e. The summed E-state index contributed by atoms with van der Waals surface area (Å²) in [7, 11) is 1.42. The van der Waals surface area contributed by atoms with Crippen LogP contribution in [0.15, 0.2) is 18.2 Å². The fraction of sp³-hybridized carbons (Fsp3) is 0.533. The minimum atomic E-state index is -0.427. The molecule has 4 nitrogen and oxygen atoms in total. The number of ether oxygens (including phenoxy) is 1. The molecule has 0 unspecified atom stereocenters. The molecular formula is C15H21FN2O2S. The molecule has 0 aliphatic heterocycles. The van der Waals surface area contributed by atoms with Gasteiger partial charge in [0.1, 0.15) is 0 Å². The molecule has 0 radical (unpaired) electrons. The van der Waals surface area contributed by atoms with Crippen molar-refractivity contribution >= 4 is 17.8 Å². The minimum absolute atomic E-state index is 0.200. The molecule has 1 aliphatic carbocycles. The predicted molar refractivity (Wildman–Crippen MR) is 83.4 cm³/mol. The van der Waals surface area contributed by atoms with Crippen molar-refractivity contribution in [2.75, 3.05) is 19.9 Å². The second-order valence-electron chi connectivity index (χ2n) is 5.33. The summed E-state index contributed by atoms with van der Waals surface area (Å²) in [6.07, 6.45) is 4.36. The first-order chi connectivity index (χ1) is 9.99. The summed E-state index contributed by atoms with van der Waals surface area (Å²) < 4.78 is 18.8. The van der Waals surface area contributed by atoms with Gasteiger partial charge in [-0.1, -0.05) is 6.07 Å². The van der Waals surface area contributed by atoms with E-state index in [-0.39, 0.29) is 22.6 Å². The van der Waals surface area contributed by atoms with Crippen molar-refractivity contribution < 1.29 is 13.9 Å². The highest BCUT2D eigenvalue weighted by atomic mass is 32.2. The van der Waals surface area contributed by atoms with E-state index in [1.54, 1.807) is 23.9 Å². The van der Waals surface area contributed by atoms with Crippen LogP contribution in [-0.2, 0) is 0 Å².